The number of nitrogens with zero attached hydrogens (tertiary/aromatic N) is 1. The van der Waals surface area contributed by atoms with Crippen LogP contribution in [0.25, 0.3) is 0 Å². The molecule has 0 amide bonds. The number of rotatable bonds is 3. The van der Waals surface area contributed by atoms with Gasteiger partial charge >= 0.3 is 5.97 Å². The zero-order valence-corrected chi connectivity index (χ0v) is 12.3. The van der Waals surface area contributed by atoms with Gasteiger partial charge in [-0.2, -0.15) is 0 Å². The van der Waals surface area contributed by atoms with Gasteiger partial charge in [0.15, 0.2) is 0 Å². The summed E-state index contributed by atoms with van der Waals surface area (Å²) >= 11 is 0. The molecule has 1 fully saturated rings. The smallest absolute Gasteiger partial charge is 0.338 e. The van der Waals surface area contributed by atoms with Crippen LogP contribution in [-0.4, -0.2) is 37.9 Å². The van der Waals surface area contributed by atoms with Gasteiger partial charge in [-0.3, -0.25) is 0 Å². The Balaban J connectivity index is 2.19. The quantitative estimate of drug-likeness (QED) is 0.677. The fraction of sp³-hybridized carbons (Fsp3) is 0.533. The lowest BCUT2D eigenvalue weighted by Crippen LogP contribution is -2.45. The summed E-state index contributed by atoms with van der Waals surface area (Å²) in [4.78, 5) is 13.9. The summed E-state index contributed by atoms with van der Waals surface area (Å²) < 4.78 is 10.7. The van der Waals surface area contributed by atoms with Gasteiger partial charge in [-0.1, -0.05) is 0 Å². The number of hydrogen-bond donors (Lipinski definition) is 1. The van der Waals surface area contributed by atoms with Crippen molar-refractivity contribution in [2.45, 2.75) is 33.0 Å². The number of ether oxygens (including phenoxy) is 2. The van der Waals surface area contributed by atoms with E-state index in [1.165, 1.54) is 0 Å². The molecule has 0 spiro atoms. The second-order valence-corrected chi connectivity index (χ2v) is 5.16. The topological polar surface area (TPSA) is 64.8 Å². The van der Waals surface area contributed by atoms with Crippen molar-refractivity contribution in [3.8, 4) is 0 Å². The Hall–Kier alpha value is -1.75. The molecule has 0 aliphatic carbocycles. The van der Waals surface area contributed by atoms with Gasteiger partial charge in [0.05, 0.1) is 35.8 Å². The van der Waals surface area contributed by atoms with E-state index in [2.05, 4.69) is 4.90 Å². The number of nitrogen functional groups attached to an aromatic ring is 1. The standard InChI is InChI=1S/C15H22N2O3/c1-4-19-15(18)12-5-6-14(13(16)7-12)17-8-10(2)20-11(3)9-17/h5-7,10-11H,4,8-9,16H2,1-3H3/t10-,11+. The molecule has 2 atom stereocenters. The van der Waals surface area contributed by atoms with Crippen LogP contribution in [0.3, 0.4) is 0 Å². The average Bonchev–Trinajstić information content (AvgIpc) is 2.37. The van der Waals surface area contributed by atoms with E-state index >= 15 is 0 Å². The Morgan fingerprint density at radius 2 is 2.05 bits per heavy atom. The molecule has 1 aliphatic heterocycles. The fourth-order valence-electron chi connectivity index (χ4n) is 2.56. The fourth-order valence-corrected chi connectivity index (χ4v) is 2.56. The van der Waals surface area contributed by atoms with Gasteiger partial charge in [0, 0.05) is 13.1 Å². The maximum atomic E-state index is 11.7. The molecule has 0 bridgehead atoms. The monoisotopic (exact) mass is 278 g/mol. The highest BCUT2D eigenvalue weighted by Gasteiger charge is 2.24. The van der Waals surface area contributed by atoms with E-state index in [1.807, 2.05) is 19.9 Å². The minimum Gasteiger partial charge on any atom is -0.462 e. The van der Waals surface area contributed by atoms with Gasteiger partial charge in [-0.15, -0.1) is 0 Å². The van der Waals surface area contributed by atoms with E-state index in [9.17, 15) is 4.79 Å². The molecule has 1 aliphatic rings. The first-order valence-electron chi connectivity index (χ1n) is 6.98. The molecule has 0 aromatic heterocycles. The van der Waals surface area contributed by atoms with Crippen molar-refractivity contribution in [3.05, 3.63) is 23.8 Å². The van der Waals surface area contributed by atoms with Crippen molar-refractivity contribution in [1.29, 1.82) is 0 Å². The molecule has 20 heavy (non-hydrogen) atoms. The number of esters is 1. The summed E-state index contributed by atoms with van der Waals surface area (Å²) in [6.45, 7) is 7.84. The second-order valence-electron chi connectivity index (χ2n) is 5.16. The van der Waals surface area contributed by atoms with E-state index < -0.39 is 0 Å². The zero-order chi connectivity index (χ0) is 14.7. The summed E-state index contributed by atoms with van der Waals surface area (Å²) in [5, 5.41) is 0. The molecule has 0 unspecified atom stereocenters. The molecule has 2 rings (SSSR count). The Morgan fingerprint density at radius 1 is 1.40 bits per heavy atom. The van der Waals surface area contributed by atoms with Crippen molar-refractivity contribution < 1.29 is 14.3 Å². The third-order valence-corrected chi connectivity index (χ3v) is 3.30. The minimum absolute atomic E-state index is 0.169. The first-order valence-corrected chi connectivity index (χ1v) is 6.98. The normalized spacial score (nSPS) is 22.6. The molecular weight excluding hydrogens is 256 g/mol. The van der Waals surface area contributed by atoms with Crippen LogP contribution in [0.4, 0.5) is 11.4 Å². The van der Waals surface area contributed by atoms with Crippen LogP contribution in [0.1, 0.15) is 31.1 Å². The lowest BCUT2D eigenvalue weighted by molar-refractivity contribution is -0.00518. The van der Waals surface area contributed by atoms with E-state index in [1.54, 1.807) is 19.1 Å². The molecule has 0 saturated carbocycles. The highest BCUT2D eigenvalue weighted by molar-refractivity contribution is 5.92. The van der Waals surface area contributed by atoms with Crippen LogP contribution in [-0.2, 0) is 9.47 Å². The summed E-state index contributed by atoms with van der Waals surface area (Å²) in [6, 6.07) is 5.32. The number of carbonyl (C=O) groups excluding carboxylic acids is 1. The number of nitrogens with two attached hydrogens (primary N) is 1. The van der Waals surface area contributed by atoms with Crippen LogP contribution in [0.2, 0.25) is 0 Å². The summed E-state index contributed by atoms with van der Waals surface area (Å²) in [5.74, 6) is -0.338. The number of carbonyl (C=O) groups is 1. The summed E-state index contributed by atoms with van der Waals surface area (Å²) in [5.41, 5.74) is 8.11. The van der Waals surface area contributed by atoms with Crippen LogP contribution < -0.4 is 10.6 Å². The molecule has 2 N–H and O–H groups in total. The first kappa shape index (κ1) is 14.7. The SMILES string of the molecule is CCOC(=O)c1ccc(N2C[C@@H](C)O[C@@H](C)C2)c(N)c1. The second kappa shape index (κ2) is 6.13. The Kier molecular flexibility index (Phi) is 4.49. The van der Waals surface area contributed by atoms with E-state index in [0.29, 0.717) is 17.9 Å². The maximum Gasteiger partial charge on any atom is 0.338 e. The largest absolute Gasteiger partial charge is 0.462 e. The van der Waals surface area contributed by atoms with Gasteiger partial charge < -0.3 is 20.1 Å². The van der Waals surface area contributed by atoms with Crippen molar-refractivity contribution in [2.75, 3.05) is 30.3 Å². The Morgan fingerprint density at radius 3 is 2.60 bits per heavy atom. The van der Waals surface area contributed by atoms with E-state index in [4.69, 9.17) is 15.2 Å². The molecule has 5 nitrogen and oxygen atoms in total. The minimum atomic E-state index is -0.338. The van der Waals surface area contributed by atoms with Gasteiger partial charge in [0.2, 0.25) is 0 Å². The Labute approximate surface area is 119 Å². The molecule has 110 valence electrons. The van der Waals surface area contributed by atoms with Crippen LogP contribution >= 0.6 is 0 Å². The Bertz CT molecular complexity index is 480. The molecule has 0 radical (unpaired) electrons. The van der Waals surface area contributed by atoms with Crippen LogP contribution in [0.15, 0.2) is 18.2 Å². The van der Waals surface area contributed by atoms with Crippen molar-refractivity contribution in [1.82, 2.24) is 0 Å². The number of anilines is 2. The van der Waals surface area contributed by atoms with Gasteiger partial charge in [0.25, 0.3) is 0 Å². The third kappa shape index (κ3) is 3.22. The summed E-state index contributed by atoms with van der Waals surface area (Å²) in [7, 11) is 0. The molecule has 1 aromatic rings. The first-order chi connectivity index (χ1) is 9.51. The van der Waals surface area contributed by atoms with E-state index in [-0.39, 0.29) is 18.2 Å². The number of morpholine rings is 1. The van der Waals surface area contributed by atoms with E-state index in [0.717, 1.165) is 18.8 Å². The molecule has 5 heteroatoms. The van der Waals surface area contributed by atoms with Crippen molar-refractivity contribution >= 4 is 17.3 Å². The predicted octanol–water partition coefficient (Wildman–Crippen LogP) is 2.06. The highest BCUT2D eigenvalue weighted by atomic mass is 16.5. The number of benzene rings is 1. The van der Waals surface area contributed by atoms with Crippen molar-refractivity contribution in [3.63, 3.8) is 0 Å². The average molecular weight is 278 g/mol. The van der Waals surface area contributed by atoms with Gasteiger partial charge in [-0.05, 0) is 39.0 Å². The lowest BCUT2D eigenvalue weighted by Gasteiger charge is -2.37. The maximum absolute atomic E-state index is 11.7. The zero-order valence-electron chi connectivity index (χ0n) is 12.3. The predicted molar refractivity (Wildman–Crippen MR) is 79.0 cm³/mol. The number of hydrogen-bond acceptors (Lipinski definition) is 5. The van der Waals surface area contributed by atoms with Crippen molar-refractivity contribution in [2.24, 2.45) is 0 Å². The third-order valence-electron chi connectivity index (χ3n) is 3.30. The highest BCUT2D eigenvalue weighted by Crippen LogP contribution is 2.27. The molecule has 1 heterocycles. The molecule has 1 saturated heterocycles. The molecular formula is C15H22N2O3. The van der Waals surface area contributed by atoms with Gasteiger partial charge in [-0.25, -0.2) is 4.79 Å². The van der Waals surface area contributed by atoms with Crippen LogP contribution in [0.5, 0.6) is 0 Å². The lowest BCUT2D eigenvalue weighted by atomic mass is 10.1. The summed E-state index contributed by atoms with van der Waals surface area (Å²) in [6.07, 6.45) is 0.339. The molecule has 1 aromatic carbocycles. The van der Waals surface area contributed by atoms with Gasteiger partial charge in [0.1, 0.15) is 0 Å². The van der Waals surface area contributed by atoms with Crippen LogP contribution in [0, 0.1) is 0 Å².